The number of hydrogen-bond acceptors (Lipinski definition) is 2. The molecule has 3 aromatic carbocycles. The lowest BCUT2D eigenvalue weighted by atomic mass is 9.97. The molecule has 0 saturated carbocycles. The molecule has 0 spiro atoms. The highest BCUT2D eigenvalue weighted by Gasteiger charge is 2.13. The third-order valence-corrected chi connectivity index (χ3v) is 6.61. The lowest BCUT2D eigenvalue weighted by Crippen LogP contribution is -2.33. The van der Waals surface area contributed by atoms with Gasteiger partial charge >= 0.3 is 5.97 Å². The van der Waals surface area contributed by atoms with Crippen LogP contribution in [-0.4, -0.2) is 17.1 Å². The monoisotopic (exact) mass is 497 g/mol. The Hall–Kier alpha value is -2.40. The Bertz CT molecular complexity index is 1080. The molecule has 160 valence electrons. The summed E-state index contributed by atoms with van der Waals surface area (Å²) in [6.45, 7) is 5.94. The van der Waals surface area contributed by atoms with Crippen molar-refractivity contribution in [3.63, 3.8) is 0 Å². The summed E-state index contributed by atoms with van der Waals surface area (Å²) >= 11 is 10.4. The molecule has 0 amide bonds. The molecule has 0 heterocycles. The summed E-state index contributed by atoms with van der Waals surface area (Å²) in [5.41, 5.74) is 6.51. The molecule has 0 aliphatic heterocycles. The summed E-state index contributed by atoms with van der Waals surface area (Å²) in [7, 11) is 0. The lowest BCUT2D eigenvalue weighted by molar-refractivity contribution is -0.139. The van der Waals surface area contributed by atoms with E-state index in [1.807, 2.05) is 30.3 Å². The van der Waals surface area contributed by atoms with E-state index in [1.165, 1.54) is 16.7 Å². The maximum atomic E-state index is 11.0. The van der Waals surface area contributed by atoms with E-state index in [1.54, 1.807) is 13.0 Å². The minimum atomic E-state index is -0.883. The SMILES string of the molecule is C=Cc1cc(CCc2cccc(-c3ccccc3)c2Br)c(Cl)cc1CNC(C)C(=O)O. The fraction of sp³-hybridized carbons (Fsp3) is 0.192. The van der Waals surface area contributed by atoms with E-state index < -0.39 is 12.0 Å². The molecule has 0 fully saturated rings. The van der Waals surface area contributed by atoms with E-state index in [-0.39, 0.29) is 0 Å². The van der Waals surface area contributed by atoms with Gasteiger partial charge in [-0.05, 0) is 81.2 Å². The number of carboxylic acid groups (broad SMARTS) is 1. The van der Waals surface area contributed by atoms with Crippen molar-refractivity contribution in [2.24, 2.45) is 0 Å². The zero-order valence-corrected chi connectivity index (χ0v) is 19.7. The van der Waals surface area contributed by atoms with Crippen LogP contribution in [0.2, 0.25) is 5.02 Å². The second-order valence-electron chi connectivity index (χ2n) is 7.43. The Morgan fingerprint density at radius 1 is 1.10 bits per heavy atom. The molecular weight excluding hydrogens is 474 g/mol. The van der Waals surface area contributed by atoms with E-state index in [0.29, 0.717) is 11.6 Å². The van der Waals surface area contributed by atoms with Crippen molar-refractivity contribution in [2.75, 3.05) is 0 Å². The van der Waals surface area contributed by atoms with E-state index in [4.69, 9.17) is 16.7 Å². The van der Waals surface area contributed by atoms with Crippen LogP contribution in [-0.2, 0) is 24.2 Å². The zero-order chi connectivity index (χ0) is 22.4. The quantitative estimate of drug-likeness (QED) is 0.343. The second kappa shape index (κ2) is 10.8. The number of hydrogen-bond donors (Lipinski definition) is 2. The third kappa shape index (κ3) is 5.85. The van der Waals surface area contributed by atoms with E-state index in [9.17, 15) is 4.79 Å². The van der Waals surface area contributed by atoms with Crippen LogP contribution in [0.15, 0.2) is 71.7 Å². The van der Waals surface area contributed by atoms with Crippen LogP contribution >= 0.6 is 27.5 Å². The van der Waals surface area contributed by atoms with Gasteiger partial charge in [-0.1, -0.05) is 72.8 Å². The number of halogens is 2. The van der Waals surface area contributed by atoms with Gasteiger partial charge in [-0.15, -0.1) is 0 Å². The first-order chi connectivity index (χ1) is 14.9. The molecular formula is C26H25BrClNO2. The van der Waals surface area contributed by atoms with Crippen molar-refractivity contribution in [3.05, 3.63) is 99.0 Å². The maximum absolute atomic E-state index is 11.0. The van der Waals surface area contributed by atoms with Gasteiger partial charge in [0, 0.05) is 16.0 Å². The zero-order valence-electron chi connectivity index (χ0n) is 17.4. The smallest absolute Gasteiger partial charge is 0.320 e. The van der Waals surface area contributed by atoms with Crippen LogP contribution in [0.4, 0.5) is 0 Å². The van der Waals surface area contributed by atoms with Crippen molar-refractivity contribution >= 4 is 39.6 Å². The average molecular weight is 499 g/mol. The molecule has 0 aromatic heterocycles. The van der Waals surface area contributed by atoms with Gasteiger partial charge in [0.25, 0.3) is 0 Å². The van der Waals surface area contributed by atoms with Crippen molar-refractivity contribution < 1.29 is 9.90 Å². The Morgan fingerprint density at radius 3 is 2.48 bits per heavy atom. The van der Waals surface area contributed by atoms with Crippen LogP contribution in [0.3, 0.4) is 0 Å². The molecule has 0 bridgehead atoms. The van der Waals surface area contributed by atoms with Gasteiger partial charge in [-0.25, -0.2) is 0 Å². The van der Waals surface area contributed by atoms with Crippen LogP contribution in [0, 0.1) is 0 Å². The summed E-state index contributed by atoms with van der Waals surface area (Å²) in [5.74, 6) is -0.883. The summed E-state index contributed by atoms with van der Waals surface area (Å²) in [6.07, 6.45) is 3.41. The number of rotatable bonds is 9. The van der Waals surface area contributed by atoms with Gasteiger partial charge in [0.15, 0.2) is 0 Å². The number of carboxylic acids is 1. The van der Waals surface area contributed by atoms with Gasteiger partial charge in [0.1, 0.15) is 6.04 Å². The van der Waals surface area contributed by atoms with Gasteiger partial charge in [0.2, 0.25) is 0 Å². The van der Waals surface area contributed by atoms with E-state index >= 15 is 0 Å². The highest BCUT2D eigenvalue weighted by molar-refractivity contribution is 9.10. The largest absolute Gasteiger partial charge is 0.480 e. The average Bonchev–Trinajstić information content (AvgIpc) is 2.78. The van der Waals surface area contributed by atoms with Crippen molar-refractivity contribution in [2.45, 2.75) is 32.4 Å². The van der Waals surface area contributed by atoms with E-state index in [0.717, 1.165) is 34.0 Å². The predicted octanol–water partition coefficient (Wildman–Crippen LogP) is 6.76. The molecule has 3 nitrogen and oxygen atoms in total. The number of aliphatic carboxylic acids is 1. The molecule has 0 radical (unpaired) electrons. The van der Waals surface area contributed by atoms with Crippen LogP contribution < -0.4 is 5.32 Å². The summed E-state index contributed by atoms with van der Waals surface area (Å²) < 4.78 is 1.10. The summed E-state index contributed by atoms with van der Waals surface area (Å²) in [5, 5.41) is 12.7. The third-order valence-electron chi connectivity index (χ3n) is 5.32. The first-order valence-electron chi connectivity index (χ1n) is 10.1. The standard InChI is InChI=1S/C26H25BrClNO2/c1-3-18-14-21(24(28)15-22(18)16-29-17(2)26(30)31)13-12-20-10-7-11-23(25(20)27)19-8-5-4-6-9-19/h3-11,14-15,17,29H,1,12-13,16H2,2H3,(H,30,31). The second-order valence-corrected chi connectivity index (χ2v) is 8.63. The molecule has 2 N–H and O–H groups in total. The van der Waals surface area contributed by atoms with Crippen molar-refractivity contribution in [3.8, 4) is 11.1 Å². The van der Waals surface area contributed by atoms with Crippen LogP contribution in [0.25, 0.3) is 17.2 Å². The predicted molar refractivity (Wildman–Crippen MR) is 132 cm³/mol. The molecule has 0 saturated heterocycles. The topological polar surface area (TPSA) is 49.3 Å². The first kappa shape index (κ1) is 23.3. The van der Waals surface area contributed by atoms with Crippen molar-refractivity contribution in [1.82, 2.24) is 5.32 Å². The number of aryl methyl sites for hydroxylation is 2. The molecule has 0 aliphatic rings. The summed E-state index contributed by atoms with van der Waals surface area (Å²) in [6, 6.07) is 20.0. The molecule has 0 aliphatic carbocycles. The number of carbonyl (C=O) groups is 1. The molecule has 3 aromatic rings. The van der Waals surface area contributed by atoms with Gasteiger partial charge in [-0.3, -0.25) is 4.79 Å². The van der Waals surface area contributed by atoms with Crippen molar-refractivity contribution in [1.29, 1.82) is 0 Å². The minimum absolute atomic E-state index is 0.416. The fourth-order valence-electron chi connectivity index (χ4n) is 3.45. The lowest BCUT2D eigenvalue weighted by Gasteiger charge is -2.15. The van der Waals surface area contributed by atoms with Gasteiger partial charge < -0.3 is 10.4 Å². The van der Waals surface area contributed by atoms with E-state index in [2.05, 4.69) is 58.2 Å². The van der Waals surface area contributed by atoms with Gasteiger partial charge in [-0.2, -0.15) is 0 Å². The first-order valence-corrected chi connectivity index (χ1v) is 11.3. The molecule has 31 heavy (non-hydrogen) atoms. The molecule has 1 atom stereocenters. The van der Waals surface area contributed by atoms with Gasteiger partial charge in [0.05, 0.1) is 0 Å². The molecule has 1 unspecified atom stereocenters. The number of benzene rings is 3. The fourth-order valence-corrected chi connectivity index (χ4v) is 4.42. The Balaban J connectivity index is 1.78. The minimum Gasteiger partial charge on any atom is -0.480 e. The normalized spacial score (nSPS) is 11.8. The Labute approximate surface area is 196 Å². The highest BCUT2D eigenvalue weighted by Crippen LogP contribution is 2.32. The Morgan fingerprint density at radius 2 is 1.81 bits per heavy atom. The highest BCUT2D eigenvalue weighted by atomic mass is 79.9. The maximum Gasteiger partial charge on any atom is 0.320 e. The summed E-state index contributed by atoms with van der Waals surface area (Å²) in [4.78, 5) is 11.0. The number of nitrogens with one attached hydrogen (secondary N) is 1. The van der Waals surface area contributed by atoms with Crippen LogP contribution in [0.5, 0.6) is 0 Å². The molecule has 5 heteroatoms. The molecule has 3 rings (SSSR count). The Kier molecular flexibility index (Phi) is 8.08. The van der Waals surface area contributed by atoms with Crippen LogP contribution in [0.1, 0.15) is 29.2 Å².